The first-order chi connectivity index (χ1) is 8.34. The topological polar surface area (TPSA) is 41.1 Å². The zero-order valence-electron chi connectivity index (χ0n) is 9.82. The van der Waals surface area contributed by atoms with Crippen LogP contribution in [0.1, 0.15) is 12.8 Å². The molecule has 1 amide bonds. The van der Waals surface area contributed by atoms with Crippen molar-refractivity contribution in [3.8, 4) is 0 Å². The first kappa shape index (κ1) is 12.5. The standard InChI is InChI=1S/C13H18N2OS/c16-13(15-11-5-2-1-3-6-11)9-14-12-7-4-8-17-10-12/h1-3,5-6,12,14H,4,7-10H2,(H,15,16). The molecule has 1 aliphatic rings. The van der Waals surface area contributed by atoms with E-state index in [-0.39, 0.29) is 5.91 Å². The van der Waals surface area contributed by atoms with Crippen molar-refractivity contribution < 1.29 is 4.79 Å². The number of amides is 1. The number of carbonyl (C=O) groups excluding carboxylic acids is 1. The summed E-state index contributed by atoms with van der Waals surface area (Å²) in [6, 6.07) is 10.1. The third kappa shape index (κ3) is 4.40. The molecule has 0 bridgehead atoms. The highest BCUT2D eigenvalue weighted by Gasteiger charge is 2.14. The van der Waals surface area contributed by atoms with Crippen molar-refractivity contribution in [3.63, 3.8) is 0 Å². The maximum absolute atomic E-state index is 11.7. The van der Waals surface area contributed by atoms with E-state index in [1.807, 2.05) is 42.1 Å². The summed E-state index contributed by atoms with van der Waals surface area (Å²) in [5.41, 5.74) is 0.859. The summed E-state index contributed by atoms with van der Waals surface area (Å²) < 4.78 is 0. The van der Waals surface area contributed by atoms with Gasteiger partial charge in [0.25, 0.3) is 0 Å². The number of benzene rings is 1. The summed E-state index contributed by atoms with van der Waals surface area (Å²) in [6.07, 6.45) is 2.44. The Bertz CT molecular complexity index is 350. The Kier molecular flexibility index (Phi) is 4.88. The number of hydrogen-bond donors (Lipinski definition) is 2. The Morgan fingerprint density at radius 2 is 2.18 bits per heavy atom. The maximum atomic E-state index is 11.7. The van der Waals surface area contributed by atoms with Crippen LogP contribution in [-0.4, -0.2) is 30.0 Å². The lowest BCUT2D eigenvalue weighted by atomic mass is 10.2. The maximum Gasteiger partial charge on any atom is 0.238 e. The van der Waals surface area contributed by atoms with Gasteiger partial charge >= 0.3 is 0 Å². The third-order valence-electron chi connectivity index (χ3n) is 2.77. The average molecular weight is 250 g/mol. The van der Waals surface area contributed by atoms with Crippen molar-refractivity contribution in [1.82, 2.24) is 5.32 Å². The largest absolute Gasteiger partial charge is 0.325 e. The average Bonchev–Trinajstić information content (AvgIpc) is 2.39. The Labute approximate surface area is 106 Å². The first-order valence-electron chi connectivity index (χ1n) is 6.00. The summed E-state index contributed by atoms with van der Waals surface area (Å²) in [5, 5.41) is 6.18. The minimum absolute atomic E-state index is 0.0340. The van der Waals surface area contributed by atoms with Crippen LogP contribution in [0.5, 0.6) is 0 Å². The second kappa shape index (κ2) is 6.67. The number of anilines is 1. The van der Waals surface area contributed by atoms with Crippen molar-refractivity contribution >= 4 is 23.4 Å². The van der Waals surface area contributed by atoms with Crippen LogP contribution in [0.15, 0.2) is 30.3 Å². The lowest BCUT2D eigenvalue weighted by Crippen LogP contribution is -2.39. The Balaban J connectivity index is 1.70. The SMILES string of the molecule is O=C(CNC1CCCSC1)Nc1ccccc1. The van der Waals surface area contributed by atoms with Crippen LogP contribution in [0.25, 0.3) is 0 Å². The summed E-state index contributed by atoms with van der Waals surface area (Å²) in [5.74, 6) is 2.42. The van der Waals surface area contributed by atoms with E-state index in [4.69, 9.17) is 0 Å². The zero-order chi connectivity index (χ0) is 11.9. The van der Waals surface area contributed by atoms with E-state index in [2.05, 4.69) is 10.6 Å². The van der Waals surface area contributed by atoms with Gasteiger partial charge in [-0.15, -0.1) is 0 Å². The lowest BCUT2D eigenvalue weighted by Gasteiger charge is -2.22. The van der Waals surface area contributed by atoms with Gasteiger partial charge in [-0.1, -0.05) is 18.2 Å². The van der Waals surface area contributed by atoms with Gasteiger partial charge in [0.15, 0.2) is 0 Å². The molecule has 4 heteroatoms. The van der Waals surface area contributed by atoms with Gasteiger partial charge in [-0.3, -0.25) is 4.79 Å². The van der Waals surface area contributed by atoms with E-state index < -0.39 is 0 Å². The van der Waals surface area contributed by atoms with Gasteiger partial charge < -0.3 is 10.6 Å². The van der Waals surface area contributed by atoms with Crippen LogP contribution in [0.2, 0.25) is 0 Å². The summed E-state index contributed by atoms with van der Waals surface area (Å²) >= 11 is 1.96. The molecular formula is C13H18N2OS. The number of rotatable bonds is 4. The number of thioether (sulfide) groups is 1. The fourth-order valence-corrected chi connectivity index (χ4v) is 2.97. The Morgan fingerprint density at radius 3 is 2.88 bits per heavy atom. The molecule has 0 radical (unpaired) electrons. The fourth-order valence-electron chi connectivity index (χ4n) is 1.87. The van der Waals surface area contributed by atoms with Crippen molar-refractivity contribution in [2.75, 3.05) is 23.4 Å². The van der Waals surface area contributed by atoms with Gasteiger partial charge in [-0.25, -0.2) is 0 Å². The lowest BCUT2D eigenvalue weighted by molar-refractivity contribution is -0.115. The van der Waals surface area contributed by atoms with Crippen LogP contribution < -0.4 is 10.6 Å². The molecule has 0 aliphatic carbocycles. The molecule has 1 heterocycles. The fraction of sp³-hybridized carbons (Fsp3) is 0.462. The summed E-state index contributed by atoms with van der Waals surface area (Å²) in [6.45, 7) is 0.403. The first-order valence-corrected chi connectivity index (χ1v) is 7.16. The third-order valence-corrected chi connectivity index (χ3v) is 3.98. The monoisotopic (exact) mass is 250 g/mol. The highest BCUT2D eigenvalue weighted by Crippen LogP contribution is 2.16. The van der Waals surface area contributed by atoms with Crippen molar-refractivity contribution in [2.45, 2.75) is 18.9 Å². The number of carbonyl (C=O) groups is 1. The molecule has 1 aromatic carbocycles. The Morgan fingerprint density at radius 1 is 1.35 bits per heavy atom. The van der Waals surface area contributed by atoms with E-state index in [1.54, 1.807) is 0 Å². The minimum atomic E-state index is 0.0340. The van der Waals surface area contributed by atoms with Gasteiger partial charge in [0.1, 0.15) is 0 Å². The smallest absolute Gasteiger partial charge is 0.238 e. The molecule has 3 nitrogen and oxygen atoms in total. The molecule has 1 aromatic rings. The second-order valence-corrected chi connectivity index (χ2v) is 5.36. The van der Waals surface area contributed by atoms with Gasteiger partial charge in [0, 0.05) is 17.5 Å². The molecule has 0 aromatic heterocycles. The van der Waals surface area contributed by atoms with Gasteiger partial charge in [0.05, 0.1) is 6.54 Å². The molecule has 1 unspecified atom stereocenters. The summed E-state index contributed by atoms with van der Waals surface area (Å²) in [4.78, 5) is 11.7. The predicted octanol–water partition coefficient (Wildman–Crippen LogP) is 2.11. The van der Waals surface area contributed by atoms with Crippen molar-refractivity contribution in [2.24, 2.45) is 0 Å². The van der Waals surface area contributed by atoms with Crippen LogP contribution in [0, 0.1) is 0 Å². The van der Waals surface area contributed by atoms with Gasteiger partial charge in [0.2, 0.25) is 5.91 Å². The van der Waals surface area contributed by atoms with E-state index in [0.717, 1.165) is 11.4 Å². The number of para-hydroxylation sites is 1. The van der Waals surface area contributed by atoms with E-state index in [9.17, 15) is 4.79 Å². The number of hydrogen-bond acceptors (Lipinski definition) is 3. The minimum Gasteiger partial charge on any atom is -0.325 e. The molecule has 2 N–H and O–H groups in total. The van der Waals surface area contributed by atoms with Crippen LogP contribution in [0.4, 0.5) is 5.69 Å². The van der Waals surface area contributed by atoms with Gasteiger partial charge in [-0.2, -0.15) is 11.8 Å². The van der Waals surface area contributed by atoms with E-state index in [0.29, 0.717) is 12.6 Å². The van der Waals surface area contributed by atoms with Crippen LogP contribution >= 0.6 is 11.8 Å². The molecule has 1 aliphatic heterocycles. The normalized spacial score (nSPS) is 19.9. The second-order valence-electron chi connectivity index (χ2n) is 4.21. The van der Waals surface area contributed by atoms with Crippen molar-refractivity contribution in [3.05, 3.63) is 30.3 Å². The van der Waals surface area contributed by atoms with Gasteiger partial charge in [-0.05, 0) is 30.7 Å². The molecule has 92 valence electrons. The molecular weight excluding hydrogens is 232 g/mol. The predicted molar refractivity (Wildman–Crippen MR) is 73.4 cm³/mol. The number of nitrogens with one attached hydrogen (secondary N) is 2. The molecule has 17 heavy (non-hydrogen) atoms. The van der Waals surface area contributed by atoms with Crippen LogP contribution in [-0.2, 0) is 4.79 Å². The Hall–Kier alpha value is -1.00. The molecule has 2 rings (SSSR count). The highest BCUT2D eigenvalue weighted by atomic mass is 32.2. The molecule has 1 atom stereocenters. The molecule has 1 saturated heterocycles. The highest BCUT2D eigenvalue weighted by molar-refractivity contribution is 7.99. The zero-order valence-corrected chi connectivity index (χ0v) is 10.6. The molecule has 1 fully saturated rings. The molecule has 0 saturated carbocycles. The van der Waals surface area contributed by atoms with Crippen LogP contribution in [0.3, 0.4) is 0 Å². The molecule has 0 spiro atoms. The summed E-state index contributed by atoms with van der Waals surface area (Å²) in [7, 11) is 0. The van der Waals surface area contributed by atoms with E-state index in [1.165, 1.54) is 18.6 Å². The van der Waals surface area contributed by atoms with Crippen molar-refractivity contribution in [1.29, 1.82) is 0 Å². The quantitative estimate of drug-likeness (QED) is 0.860. The van der Waals surface area contributed by atoms with E-state index >= 15 is 0 Å².